The van der Waals surface area contributed by atoms with Gasteiger partial charge in [0.25, 0.3) is 0 Å². The molecule has 1 atom stereocenters. The van der Waals surface area contributed by atoms with E-state index in [1.54, 1.807) is 0 Å². The molecule has 0 radical (unpaired) electrons. The van der Waals surface area contributed by atoms with Crippen molar-refractivity contribution in [3.05, 3.63) is 59.7 Å². The summed E-state index contributed by atoms with van der Waals surface area (Å²) in [4.78, 5) is 0. The Morgan fingerprint density at radius 1 is 0.926 bits per heavy atom. The van der Waals surface area contributed by atoms with Gasteiger partial charge >= 0.3 is 18.1 Å². The molecule has 0 saturated carbocycles. The van der Waals surface area contributed by atoms with E-state index in [1.807, 2.05) is 0 Å². The molecule has 0 aromatic heterocycles. The largest absolute Gasteiger partial charge is 0.427 e. The predicted octanol–water partition coefficient (Wildman–Crippen LogP) is 6.74. The molecule has 0 bridgehead atoms. The molecular formula is C18H14ClF7O. The van der Waals surface area contributed by atoms with Gasteiger partial charge in [-0.3, -0.25) is 0 Å². The minimum Gasteiger partial charge on any atom is -0.246 e. The predicted molar refractivity (Wildman–Crippen MR) is 86.9 cm³/mol. The van der Waals surface area contributed by atoms with Gasteiger partial charge in [0.15, 0.2) is 6.17 Å². The maximum absolute atomic E-state index is 14.4. The van der Waals surface area contributed by atoms with Crippen LogP contribution in [0.1, 0.15) is 18.1 Å². The first-order valence-electron chi connectivity index (χ1n) is 7.65. The van der Waals surface area contributed by atoms with Crippen LogP contribution in [-0.2, 0) is 16.7 Å². The molecule has 2 aromatic carbocycles. The van der Waals surface area contributed by atoms with Gasteiger partial charge in [0, 0.05) is 5.88 Å². The third kappa shape index (κ3) is 4.38. The SMILES string of the molecule is CC(F)C(F)(F)C(F)(F)OC(F)(F)c1ccccc1-c1ccc(CCl)cc1. The zero-order valence-electron chi connectivity index (χ0n) is 13.8. The van der Waals surface area contributed by atoms with E-state index in [0.717, 1.165) is 12.1 Å². The van der Waals surface area contributed by atoms with Crippen molar-refractivity contribution < 1.29 is 35.5 Å². The molecule has 0 spiro atoms. The van der Waals surface area contributed by atoms with E-state index in [1.165, 1.54) is 36.4 Å². The molecule has 1 nitrogen and oxygen atoms in total. The van der Waals surface area contributed by atoms with Gasteiger partial charge in [0.05, 0.1) is 5.56 Å². The van der Waals surface area contributed by atoms with Crippen molar-refractivity contribution in [2.75, 3.05) is 0 Å². The van der Waals surface area contributed by atoms with Crippen molar-refractivity contribution >= 4 is 11.6 Å². The van der Waals surface area contributed by atoms with Crippen molar-refractivity contribution in [1.82, 2.24) is 0 Å². The summed E-state index contributed by atoms with van der Waals surface area (Å²) in [5, 5.41) is 0. The van der Waals surface area contributed by atoms with Crippen LogP contribution in [0.4, 0.5) is 30.7 Å². The summed E-state index contributed by atoms with van der Waals surface area (Å²) in [7, 11) is 0. The van der Waals surface area contributed by atoms with Crippen LogP contribution in [0.15, 0.2) is 48.5 Å². The Morgan fingerprint density at radius 3 is 2.00 bits per heavy atom. The molecule has 27 heavy (non-hydrogen) atoms. The van der Waals surface area contributed by atoms with Gasteiger partial charge in [-0.15, -0.1) is 11.6 Å². The van der Waals surface area contributed by atoms with Crippen LogP contribution in [0.25, 0.3) is 11.1 Å². The number of ether oxygens (including phenoxy) is 1. The number of hydrogen-bond donors (Lipinski definition) is 0. The lowest BCUT2D eigenvalue weighted by Gasteiger charge is -2.31. The third-order valence-electron chi connectivity index (χ3n) is 3.80. The maximum Gasteiger partial charge on any atom is 0.427 e. The van der Waals surface area contributed by atoms with Crippen LogP contribution >= 0.6 is 11.6 Å². The standard InChI is InChI=1S/C18H14ClF7O/c1-11(20)16(21,22)18(25,26)27-17(23,24)15-5-3-2-4-14(15)13-8-6-12(10-19)7-9-13/h2-9,11H,10H2,1H3. The van der Waals surface area contributed by atoms with Crippen LogP contribution in [0.5, 0.6) is 0 Å². The maximum atomic E-state index is 14.4. The fourth-order valence-corrected chi connectivity index (χ4v) is 2.46. The van der Waals surface area contributed by atoms with Crippen molar-refractivity contribution in [3.63, 3.8) is 0 Å². The molecule has 1 unspecified atom stereocenters. The zero-order valence-corrected chi connectivity index (χ0v) is 14.6. The molecular weight excluding hydrogens is 401 g/mol. The van der Waals surface area contributed by atoms with Gasteiger partial charge in [0.1, 0.15) is 0 Å². The Morgan fingerprint density at radius 2 is 1.48 bits per heavy atom. The number of benzene rings is 2. The highest BCUT2D eigenvalue weighted by Crippen LogP contribution is 2.47. The molecule has 0 amide bonds. The fraction of sp³-hybridized carbons (Fsp3) is 0.333. The summed E-state index contributed by atoms with van der Waals surface area (Å²) in [6, 6.07) is 10.3. The van der Waals surface area contributed by atoms with E-state index < -0.39 is 29.9 Å². The van der Waals surface area contributed by atoms with Gasteiger partial charge in [-0.2, -0.15) is 26.3 Å². The van der Waals surface area contributed by atoms with Gasteiger partial charge in [0.2, 0.25) is 0 Å². The second-order valence-electron chi connectivity index (χ2n) is 5.75. The molecule has 0 fully saturated rings. The molecule has 0 heterocycles. The summed E-state index contributed by atoms with van der Waals surface area (Å²) in [5.41, 5.74) is -0.387. The van der Waals surface area contributed by atoms with Crippen LogP contribution in [0, 0.1) is 0 Å². The molecule has 0 saturated heterocycles. The van der Waals surface area contributed by atoms with Crippen LogP contribution in [0.3, 0.4) is 0 Å². The summed E-state index contributed by atoms with van der Waals surface area (Å²) in [5.74, 6) is -5.27. The van der Waals surface area contributed by atoms with Crippen molar-refractivity contribution in [3.8, 4) is 11.1 Å². The first kappa shape index (κ1) is 21.5. The third-order valence-corrected chi connectivity index (χ3v) is 4.11. The molecule has 0 aliphatic rings. The Labute approximate surface area is 155 Å². The van der Waals surface area contributed by atoms with Crippen molar-refractivity contribution in [1.29, 1.82) is 0 Å². The second kappa shape index (κ2) is 7.67. The number of rotatable bonds is 7. The molecule has 0 aliphatic carbocycles. The summed E-state index contributed by atoms with van der Waals surface area (Å²) < 4.78 is 98.4. The van der Waals surface area contributed by atoms with Crippen LogP contribution in [0.2, 0.25) is 0 Å². The van der Waals surface area contributed by atoms with E-state index >= 15 is 0 Å². The molecule has 9 heteroatoms. The highest BCUT2D eigenvalue weighted by atomic mass is 35.5. The monoisotopic (exact) mass is 414 g/mol. The molecule has 2 aromatic rings. The normalized spacial score (nSPS) is 14.3. The summed E-state index contributed by atoms with van der Waals surface area (Å²) in [6.45, 7) is 0.127. The molecule has 0 N–H and O–H groups in total. The summed E-state index contributed by atoms with van der Waals surface area (Å²) in [6.07, 6.45) is -14.0. The first-order valence-corrected chi connectivity index (χ1v) is 8.18. The van der Waals surface area contributed by atoms with Gasteiger partial charge in [-0.05, 0) is 29.7 Å². The number of halogens is 8. The number of hydrogen-bond acceptors (Lipinski definition) is 1. The Balaban J connectivity index is 2.44. The minimum atomic E-state index is -5.74. The van der Waals surface area contributed by atoms with Crippen LogP contribution < -0.4 is 0 Å². The second-order valence-corrected chi connectivity index (χ2v) is 6.02. The van der Waals surface area contributed by atoms with Crippen molar-refractivity contribution in [2.45, 2.75) is 37.1 Å². The Bertz CT molecular complexity index is 776. The van der Waals surface area contributed by atoms with E-state index in [-0.39, 0.29) is 23.9 Å². The summed E-state index contributed by atoms with van der Waals surface area (Å²) >= 11 is 5.64. The topological polar surface area (TPSA) is 9.23 Å². The zero-order chi connectivity index (χ0) is 20.5. The van der Waals surface area contributed by atoms with E-state index in [2.05, 4.69) is 4.74 Å². The average Bonchev–Trinajstić information content (AvgIpc) is 2.60. The van der Waals surface area contributed by atoms with E-state index in [4.69, 9.17) is 11.6 Å². The van der Waals surface area contributed by atoms with Gasteiger partial charge < -0.3 is 0 Å². The van der Waals surface area contributed by atoms with E-state index in [9.17, 15) is 30.7 Å². The lowest BCUT2D eigenvalue weighted by molar-refractivity contribution is -0.443. The van der Waals surface area contributed by atoms with E-state index in [0.29, 0.717) is 5.56 Å². The lowest BCUT2D eigenvalue weighted by atomic mass is 9.98. The number of alkyl halides is 8. The highest BCUT2D eigenvalue weighted by molar-refractivity contribution is 6.17. The minimum absolute atomic E-state index is 0.127. The van der Waals surface area contributed by atoms with Crippen LogP contribution in [-0.4, -0.2) is 18.2 Å². The van der Waals surface area contributed by atoms with Gasteiger partial charge in [-0.25, -0.2) is 9.13 Å². The lowest BCUT2D eigenvalue weighted by Crippen LogP contribution is -2.51. The smallest absolute Gasteiger partial charge is 0.246 e. The van der Waals surface area contributed by atoms with Crippen molar-refractivity contribution in [2.24, 2.45) is 0 Å². The molecule has 2 rings (SSSR count). The van der Waals surface area contributed by atoms with Gasteiger partial charge in [-0.1, -0.05) is 42.5 Å². The Hall–Kier alpha value is -1.80. The quantitative estimate of drug-likeness (QED) is 0.360. The fourth-order valence-electron chi connectivity index (χ4n) is 2.28. The Kier molecular flexibility index (Phi) is 6.11. The average molecular weight is 415 g/mol. The first-order chi connectivity index (χ1) is 12.4. The highest BCUT2D eigenvalue weighted by Gasteiger charge is 2.66. The molecule has 148 valence electrons. The molecule has 0 aliphatic heterocycles.